The zero-order chi connectivity index (χ0) is 24.2. The van der Waals surface area contributed by atoms with Gasteiger partial charge in [0, 0.05) is 5.56 Å². The van der Waals surface area contributed by atoms with E-state index in [0.717, 1.165) is 0 Å². The summed E-state index contributed by atoms with van der Waals surface area (Å²) in [6.45, 7) is 1.01. The highest BCUT2D eigenvalue weighted by Gasteiger charge is 2.51. The van der Waals surface area contributed by atoms with Crippen LogP contribution in [0.5, 0.6) is 0 Å². The van der Waals surface area contributed by atoms with Gasteiger partial charge < -0.3 is 23.8 Å². The van der Waals surface area contributed by atoms with Crippen molar-refractivity contribution >= 4 is 17.7 Å². The van der Waals surface area contributed by atoms with Crippen LogP contribution in [0.25, 0.3) is 0 Å². The molecule has 0 N–H and O–H groups in total. The second-order valence-electron chi connectivity index (χ2n) is 7.74. The molecule has 4 rings (SSSR count). The van der Waals surface area contributed by atoms with Crippen LogP contribution >= 0.6 is 0 Å². The summed E-state index contributed by atoms with van der Waals surface area (Å²) in [5.41, 5.74) is 0.812. The summed E-state index contributed by atoms with van der Waals surface area (Å²) in [5.74, 6) is -1.65. The SMILES string of the molecule is CC(=O)c1ccccc1C(=O)O[C@H]1CO[C@H]2[C@@H]1OC[C@H]2OC(=O)c1ccccc1CO[N+](=O)[O-]. The monoisotopic (exact) mass is 471 g/mol. The van der Waals surface area contributed by atoms with Gasteiger partial charge in [0.15, 0.2) is 18.0 Å². The van der Waals surface area contributed by atoms with Gasteiger partial charge in [-0.2, -0.15) is 0 Å². The molecule has 0 aromatic heterocycles. The van der Waals surface area contributed by atoms with Crippen molar-refractivity contribution in [1.82, 2.24) is 0 Å². The molecule has 178 valence electrons. The Bertz CT molecular complexity index is 1120. The van der Waals surface area contributed by atoms with Gasteiger partial charge in [-0.05, 0) is 24.6 Å². The molecule has 0 amide bonds. The first-order chi connectivity index (χ1) is 16.3. The highest BCUT2D eigenvalue weighted by Crippen LogP contribution is 2.32. The third-order valence-electron chi connectivity index (χ3n) is 5.57. The molecule has 0 radical (unpaired) electrons. The van der Waals surface area contributed by atoms with Crippen molar-refractivity contribution in [3.05, 3.63) is 80.9 Å². The summed E-state index contributed by atoms with van der Waals surface area (Å²) in [4.78, 5) is 52.1. The molecule has 11 nitrogen and oxygen atoms in total. The van der Waals surface area contributed by atoms with E-state index in [1.807, 2.05) is 0 Å². The number of Topliss-reactive ketones (excluding diaryl/α,β-unsaturated/α-hetero) is 1. The minimum Gasteiger partial charge on any atom is -0.453 e. The lowest BCUT2D eigenvalue weighted by atomic mass is 10.0. The molecule has 2 aromatic carbocycles. The quantitative estimate of drug-likeness (QED) is 0.243. The second-order valence-corrected chi connectivity index (χ2v) is 7.74. The zero-order valence-electron chi connectivity index (χ0n) is 18.1. The summed E-state index contributed by atoms with van der Waals surface area (Å²) in [6, 6.07) is 12.6. The van der Waals surface area contributed by atoms with Crippen molar-refractivity contribution in [2.45, 2.75) is 37.9 Å². The van der Waals surface area contributed by atoms with E-state index in [1.54, 1.807) is 30.3 Å². The smallest absolute Gasteiger partial charge is 0.339 e. The van der Waals surface area contributed by atoms with Crippen LogP contribution in [-0.2, 0) is 30.4 Å². The largest absolute Gasteiger partial charge is 0.453 e. The van der Waals surface area contributed by atoms with E-state index in [4.69, 9.17) is 18.9 Å². The number of fused-ring (bicyclic) bond motifs is 1. The number of hydrogen-bond donors (Lipinski definition) is 0. The molecule has 34 heavy (non-hydrogen) atoms. The molecule has 0 bridgehead atoms. The standard InChI is InChI=1S/C23H21NO10/c1-13(25)15-7-4-5-9-17(15)23(27)34-19-12-31-20-18(11-30-21(19)20)33-22(26)16-8-3-2-6-14(16)10-32-24(28)29/h2-9,18-21H,10-12H2,1H3/t18-,19+,20-,21-/m1/s1. The maximum atomic E-state index is 12.7. The van der Waals surface area contributed by atoms with Crippen molar-refractivity contribution in [1.29, 1.82) is 0 Å². The topological polar surface area (TPSA) is 141 Å². The van der Waals surface area contributed by atoms with Crippen LogP contribution in [-0.4, -0.2) is 60.4 Å². The van der Waals surface area contributed by atoms with E-state index < -0.39 is 48.0 Å². The Morgan fingerprint density at radius 3 is 1.94 bits per heavy atom. The van der Waals surface area contributed by atoms with Crippen LogP contribution < -0.4 is 0 Å². The average molecular weight is 471 g/mol. The maximum absolute atomic E-state index is 12.7. The Morgan fingerprint density at radius 2 is 1.38 bits per heavy atom. The number of ether oxygens (including phenoxy) is 4. The highest BCUT2D eigenvalue weighted by atomic mass is 16.9. The third-order valence-corrected chi connectivity index (χ3v) is 5.57. The van der Waals surface area contributed by atoms with Gasteiger partial charge in [0.25, 0.3) is 5.09 Å². The van der Waals surface area contributed by atoms with Crippen LogP contribution in [0.3, 0.4) is 0 Å². The molecule has 0 spiro atoms. The minimum absolute atomic E-state index is 0.0206. The first-order valence-electron chi connectivity index (χ1n) is 10.5. The van der Waals surface area contributed by atoms with E-state index in [2.05, 4.69) is 4.84 Å². The fraction of sp³-hybridized carbons (Fsp3) is 0.348. The molecule has 4 atom stereocenters. The molecular weight excluding hydrogens is 450 g/mol. The van der Waals surface area contributed by atoms with E-state index in [-0.39, 0.29) is 35.7 Å². The van der Waals surface area contributed by atoms with Crippen molar-refractivity contribution in [3.8, 4) is 0 Å². The normalized spacial score (nSPS) is 23.1. The maximum Gasteiger partial charge on any atom is 0.339 e. The van der Waals surface area contributed by atoms with E-state index >= 15 is 0 Å². The Kier molecular flexibility index (Phi) is 6.85. The summed E-state index contributed by atoms with van der Waals surface area (Å²) >= 11 is 0. The summed E-state index contributed by atoms with van der Waals surface area (Å²) < 4.78 is 22.5. The van der Waals surface area contributed by atoms with Crippen LogP contribution in [0.4, 0.5) is 0 Å². The molecular formula is C23H21NO10. The Morgan fingerprint density at radius 1 is 0.882 bits per heavy atom. The Hall–Kier alpha value is -3.83. The lowest BCUT2D eigenvalue weighted by molar-refractivity contribution is -0.763. The fourth-order valence-corrected chi connectivity index (χ4v) is 3.97. The third kappa shape index (κ3) is 4.90. The summed E-state index contributed by atoms with van der Waals surface area (Å²) in [7, 11) is 0. The molecule has 2 heterocycles. The lowest BCUT2D eigenvalue weighted by Crippen LogP contribution is -2.36. The number of benzene rings is 2. The van der Waals surface area contributed by atoms with Crippen molar-refractivity contribution in [3.63, 3.8) is 0 Å². The van der Waals surface area contributed by atoms with Crippen molar-refractivity contribution in [2.24, 2.45) is 0 Å². The Balaban J connectivity index is 1.39. The van der Waals surface area contributed by atoms with Gasteiger partial charge >= 0.3 is 11.9 Å². The van der Waals surface area contributed by atoms with Crippen LogP contribution in [0.1, 0.15) is 43.6 Å². The molecule has 0 saturated carbocycles. The lowest BCUT2D eigenvalue weighted by Gasteiger charge is -2.18. The zero-order valence-corrected chi connectivity index (χ0v) is 18.1. The van der Waals surface area contributed by atoms with Crippen LogP contribution in [0, 0.1) is 10.1 Å². The molecule has 2 fully saturated rings. The summed E-state index contributed by atoms with van der Waals surface area (Å²) in [6.07, 6.45) is -2.83. The number of carbonyl (C=O) groups excluding carboxylic acids is 3. The van der Waals surface area contributed by atoms with Crippen molar-refractivity contribution < 1.29 is 43.3 Å². The predicted octanol–water partition coefficient (Wildman–Crippen LogP) is 2.15. The van der Waals surface area contributed by atoms with Crippen LogP contribution in [0.2, 0.25) is 0 Å². The number of ketones is 1. The number of rotatable bonds is 8. The van der Waals surface area contributed by atoms with E-state index in [1.165, 1.54) is 25.1 Å². The number of hydrogen-bond acceptors (Lipinski definition) is 10. The molecule has 0 unspecified atom stereocenters. The minimum atomic E-state index is -0.944. The van der Waals surface area contributed by atoms with Gasteiger partial charge in [-0.3, -0.25) is 4.79 Å². The van der Waals surface area contributed by atoms with Gasteiger partial charge in [-0.15, -0.1) is 10.1 Å². The number of carbonyl (C=O) groups is 3. The molecule has 0 aliphatic carbocycles. The van der Waals surface area contributed by atoms with E-state index in [0.29, 0.717) is 5.56 Å². The van der Waals surface area contributed by atoms with Crippen molar-refractivity contribution in [2.75, 3.05) is 13.2 Å². The molecule has 2 aromatic rings. The first kappa shape index (κ1) is 23.3. The van der Waals surface area contributed by atoms with Gasteiger partial charge in [0.1, 0.15) is 18.8 Å². The molecule has 11 heteroatoms. The van der Waals surface area contributed by atoms with Gasteiger partial charge in [0.05, 0.1) is 24.3 Å². The Labute approximate surface area is 193 Å². The second kappa shape index (κ2) is 9.98. The van der Waals surface area contributed by atoms with E-state index in [9.17, 15) is 24.5 Å². The predicted molar refractivity (Wildman–Crippen MR) is 113 cm³/mol. The molecule has 2 aliphatic rings. The average Bonchev–Trinajstić information content (AvgIpc) is 3.41. The molecule has 2 aliphatic heterocycles. The fourth-order valence-electron chi connectivity index (χ4n) is 3.97. The van der Waals surface area contributed by atoms with Gasteiger partial charge in [-0.25, -0.2) is 9.59 Å². The number of nitrogens with zero attached hydrogens (tertiary/aromatic N) is 1. The first-order valence-corrected chi connectivity index (χ1v) is 10.5. The van der Waals surface area contributed by atoms with Gasteiger partial charge in [0.2, 0.25) is 0 Å². The van der Waals surface area contributed by atoms with Gasteiger partial charge in [-0.1, -0.05) is 36.4 Å². The highest BCUT2D eigenvalue weighted by molar-refractivity contribution is 6.05. The molecule has 2 saturated heterocycles. The van der Waals surface area contributed by atoms with Crippen LogP contribution in [0.15, 0.2) is 48.5 Å². The summed E-state index contributed by atoms with van der Waals surface area (Å²) in [5, 5.41) is 9.54. The number of esters is 2.